The van der Waals surface area contributed by atoms with Gasteiger partial charge in [-0.25, -0.2) is 14.8 Å². The molecule has 0 fully saturated rings. The monoisotopic (exact) mass is 394 g/mol. The summed E-state index contributed by atoms with van der Waals surface area (Å²) in [6.45, 7) is 7.82. The Balaban J connectivity index is 1.59. The van der Waals surface area contributed by atoms with Crippen molar-refractivity contribution in [3.8, 4) is 5.75 Å². The van der Waals surface area contributed by atoms with Crippen molar-refractivity contribution >= 4 is 17.3 Å². The molecular weight excluding hydrogens is 372 g/mol. The van der Waals surface area contributed by atoms with Gasteiger partial charge in [-0.2, -0.15) is 0 Å². The van der Waals surface area contributed by atoms with Gasteiger partial charge in [0.25, 0.3) is 0 Å². The first-order valence-corrected chi connectivity index (χ1v) is 10.3. The highest BCUT2D eigenvalue weighted by Crippen LogP contribution is 2.39. The second-order valence-electron chi connectivity index (χ2n) is 7.60. The zero-order chi connectivity index (χ0) is 20.3. The number of allylic oxidation sites excluding steroid dienone is 1. The molecule has 1 N–H and O–H groups in total. The number of aryl methyl sites for hydroxylation is 1. The quantitative estimate of drug-likeness (QED) is 0.423. The first-order valence-electron chi connectivity index (χ1n) is 10.3. The van der Waals surface area contributed by atoms with E-state index in [1.807, 2.05) is 18.2 Å². The van der Waals surface area contributed by atoms with Crippen molar-refractivity contribution in [2.75, 3.05) is 11.9 Å². The highest BCUT2D eigenvalue weighted by atomic mass is 16.5. The van der Waals surface area contributed by atoms with E-state index in [0.717, 1.165) is 42.8 Å². The number of rotatable bonds is 1. The number of nitrogens with one attached hydrogen (secondary N) is 1. The van der Waals surface area contributed by atoms with Crippen LogP contribution >= 0.6 is 0 Å². The summed E-state index contributed by atoms with van der Waals surface area (Å²) in [6, 6.07) is 16.1. The molecule has 5 nitrogen and oxygen atoms in total. The van der Waals surface area contributed by atoms with Crippen LogP contribution in [0.4, 0.5) is 17.3 Å². The first kappa shape index (κ1) is 18.4. The van der Waals surface area contributed by atoms with Crippen LogP contribution in [0.3, 0.4) is 0 Å². The summed E-state index contributed by atoms with van der Waals surface area (Å²) >= 11 is 0. The Bertz CT molecular complexity index is 1150. The van der Waals surface area contributed by atoms with Gasteiger partial charge in [0.15, 0.2) is 0 Å². The zero-order valence-electron chi connectivity index (χ0n) is 16.6. The smallest absolute Gasteiger partial charge is 0.228 e. The van der Waals surface area contributed by atoms with Gasteiger partial charge in [-0.15, -0.1) is 0 Å². The molecule has 0 radical (unpaired) electrons. The molecule has 0 saturated carbocycles. The van der Waals surface area contributed by atoms with Crippen LogP contribution in [0.25, 0.3) is 4.85 Å². The molecule has 5 rings (SSSR count). The summed E-state index contributed by atoms with van der Waals surface area (Å²) in [7, 11) is 0. The summed E-state index contributed by atoms with van der Waals surface area (Å²) in [6.07, 6.45) is 8.00. The Hall–Kier alpha value is -3.65. The Kier molecular flexibility index (Phi) is 4.90. The summed E-state index contributed by atoms with van der Waals surface area (Å²) < 4.78 is 5.81. The predicted molar refractivity (Wildman–Crippen MR) is 118 cm³/mol. The summed E-state index contributed by atoms with van der Waals surface area (Å²) in [5.41, 5.74) is 6.20. The lowest BCUT2D eigenvalue weighted by atomic mass is 9.96. The van der Waals surface area contributed by atoms with Crippen LogP contribution in [-0.2, 0) is 12.8 Å². The Morgan fingerprint density at radius 3 is 2.80 bits per heavy atom. The van der Waals surface area contributed by atoms with E-state index in [1.54, 1.807) is 6.07 Å². The maximum absolute atomic E-state index is 7.37. The molecule has 1 atom stereocenters. The van der Waals surface area contributed by atoms with Crippen molar-refractivity contribution in [3.05, 3.63) is 94.6 Å². The van der Waals surface area contributed by atoms with Gasteiger partial charge >= 0.3 is 0 Å². The molecule has 1 unspecified atom stereocenters. The van der Waals surface area contributed by atoms with Crippen LogP contribution in [0.1, 0.15) is 41.3 Å². The van der Waals surface area contributed by atoms with Crippen LogP contribution in [0, 0.1) is 6.57 Å². The van der Waals surface area contributed by atoms with Gasteiger partial charge in [0.2, 0.25) is 11.6 Å². The molecule has 0 spiro atoms. The summed E-state index contributed by atoms with van der Waals surface area (Å²) in [5, 5.41) is 3.35. The van der Waals surface area contributed by atoms with E-state index in [1.165, 1.54) is 11.1 Å². The topological polar surface area (TPSA) is 51.4 Å². The molecule has 4 bridgehead atoms. The number of anilines is 2. The normalized spacial score (nSPS) is 17.4. The minimum Gasteiger partial charge on any atom is -0.500 e. The summed E-state index contributed by atoms with van der Waals surface area (Å²) in [4.78, 5) is 13.4. The van der Waals surface area contributed by atoms with E-state index in [9.17, 15) is 0 Å². The van der Waals surface area contributed by atoms with Gasteiger partial charge < -0.3 is 10.1 Å². The average molecular weight is 394 g/mol. The Morgan fingerprint density at radius 1 is 1.03 bits per heavy atom. The van der Waals surface area contributed by atoms with Crippen molar-refractivity contribution < 1.29 is 4.74 Å². The molecule has 148 valence electrons. The number of aromatic nitrogens is 2. The van der Waals surface area contributed by atoms with Crippen molar-refractivity contribution in [1.82, 2.24) is 9.97 Å². The molecule has 0 amide bonds. The molecule has 1 aliphatic carbocycles. The zero-order valence-corrected chi connectivity index (χ0v) is 16.6. The number of hydrogen-bond acceptors (Lipinski definition) is 4. The lowest BCUT2D eigenvalue weighted by Gasteiger charge is -2.15. The SMILES string of the molecule is [C-]#[N+]c1ccc2cc1OCC=CCCc1nc(nc3c1CCC3c1ccccc1)N2. The fourth-order valence-electron chi connectivity index (χ4n) is 4.28. The molecule has 30 heavy (non-hydrogen) atoms. The van der Waals surface area contributed by atoms with Crippen LogP contribution < -0.4 is 10.1 Å². The van der Waals surface area contributed by atoms with Crippen molar-refractivity contribution in [3.63, 3.8) is 0 Å². The Labute approximate surface area is 176 Å². The van der Waals surface area contributed by atoms with Gasteiger partial charge in [-0.3, -0.25) is 0 Å². The molecule has 3 aromatic rings. The van der Waals surface area contributed by atoms with E-state index in [-0.39, 0.29) is 0 Å². The molecule has 5 heteroatoms. The van der Waals surface area contributed by atoms with Gasteiger partial charge in [-0.05, 0) is 48.9 Å². The van der Waals surface area contributed by atoms with Crippen molar-refractivity contribution in [2.24, 2.45) is 0 Å². The van der Waals surface area contributed by atoms with Crippen LogP contribution in [0.2, 0.25) is 0 Å². The second-order valence-corrected chi connectivity index (χ2v) is 7.60. The largest absolute Gasteiger partial charge is 0.500 e. The van der Waals surface area contributed by atoms with E-state index in [0.29, 0.717) is 29.9 Å². The lowest BCUT2D eigenvalue weighted by Crippen LogP contribution is -2.08. The van der Waals surface area contributed by atoms with E-state index in [4.69, 9.17) is 21.3 Å². The van der Waals surface area contributed by atoms with Crippen LogP contribution in [0.5, 0.6) is 5.75 Å². The lowest BCUT2D eigenvalue weighted by molar-refractivity contribution is 0.365. The minimum atomic E-state index is 0.304. The highest BCUT2D eigenvalue weighted by molar-refractivity contribution is 5.67. The molecule has 2 aromatic carbocycles. The molecule has 1 aromatic heterocycles. The maximum Gasteiger partial charge on any atom is 0.228 e. The van der Waals surface area contributed by atoms with E-state index >= 15 is 0 Å². The van der Waals surface area contributed by atoms with Gasteiger partial charge in [0, 0.05) is 17.3 Å². The van der Waals surface area contributed by atoms with Crippen LogP contribution in [-0.4, -0.2) is 16.6 Å². The van der Waals surface area contributed by atoms with Crippen LogP contribution in [0.15, 0.2) is 60.7 Å². The number of fused-ring (bicyclic) bond motifs is 6. The third-order valence-corrected chi connectivity index (χ3v) is 5.73. The molecule has 2 aliphatic rings. The minimum absolute atomic E-state index is 0.304. The standard InChI is InChI=1S/C25H22N4O/c1-26-22-14-11-18-16-23(22)30-15-7-3-6-10-21-20-13-12-19(17-8-4-2-5-9-17)24(20)29-25(27-18)28-21/h2-5,7-9,11,14,16,19H,6,10,12-13,15H2,(H,27,28,29). The fourth-order valence-corrected chi connectivity index (χ4v) is 4.28. The molecule has 0 saturated heterocycles. The molecule has 1 aliphatic heterocycles. The number of hydrogen-bond donors (Lipinski definition) is 1. The van der Waals surface area contributed by atoms with E-state index < -0.39 is 0 Å². The third-order valence-electron chi connectivity index (χ3n) is 5.73. The molecule has 2 heterocycles. The van der Waals surface area contributed by atoms with E-state index in [2.05, 4.69) is 46.6 Å². The first-order chi connectivity index (χ1) is 14.8. The molecular formula is C25H22N4O. The van der Waals surface area contributed by atoms with Crippen molar-refractivity contribution in [2.45, 2.75) is 31.6 Å². The Morgan fingerprint density at radius 2 is 1.93 bits per heavy atom. The van der Waals surface area contributed by atoms with Crippen molar-refractivity contribution in [1.29, 1.82) is 0 Å². The second kappa shape index (κ2) is 8.00. The number of benzene rings is 2. The highest BCUT2D eigenvalue weighted by Gasteiger charge is 2.29. The van der Waals surface area contributed by atoms with Gasteiger partial charge in [0.1, 0.15) is 12.4 Å². The number of ether oxygens (including phenoxy) is 1. The number of nitrogens with zero attached hydrogens (tertiary/aromatic N) is 3. The predicted octanol–water partition coefficient (Wildman–Crippen LogP) is 5.73. The van der Waals surface area contributed by atoms with Gasteiger partial charge in [-0.1, -0.05) is 48.6 Å². The van der Waals surface area contributed by atoms with Gasteiger partial charge in [0.05, 0.1) is 12.3 Å². The maximum atomic E-state index is 7.37. The summed E-state index contributed by atoms with van der Waals surface area (Å²) in [5.74, 6) is 1.48. The third kappa shape index (κ3) is 3.53. The average Bonchev–Trinajstić information content (AvgIpc) is 3.20. The fraction of sp³-hybridized carbons (Fsp3) is 0.240.